The molecule has 6 nitrogen and oxygen atoms in total. The maximum absolute atomic E-state index is 12.4. The summed E-state index contributed by atoms with van der Waals surface area (Å²) in [5.41, 5.74) is 0.340. The molecule has 1 amide bonds. The molecule has 3 rings (SSSR count). The average molecular weight is 376 g/mol. The monoisotopic (exact) mass is 375 g/mol. The highest BCUT2D eigenvalue weighted by Crippen LogP contribution is 2.37. The van der Waals surface area contributed by atoms with Crippen LogP contribution in [0, 0.1) is 0 Å². The molecule has 0 bridgehead atoms. The summed E-state index contributed by atoms with van der Waals surface area (Å²) in [6, 6.07) is 4.08. The fourth-order valence-electron chi connectivity index (χ4n) is 3.93. The lowest BCUT2D eigenvalue weighted by Crippen LogP contribution is -2.48. The number of hydrogen-bond donors (Lipinski definition) is 0. The Morgan fingerprint density at radius 3 is 2.33 bits per heavy atom. The van der Waals surface area contributed by atoms with Crippen molar-refractivity contribution in [2.45, 2.75) is 57.7 Å². The summed E-state index contributed by atoms with van der Waals surface area (Å²) in [7, 11) is 0. The van der Waals surface area contributed by atoms with E-state index in [1.165, 1.54) is 25.9 Å². The van der Waals surface area contributed by atoms with Gasteiger partial charge in [0.05, 0.1) is 12.2 Å². The van der Waals surface area contributed by atoms with Crippen molar-refractivity contribution in [1.82, 2.24) is 14.8 Å². The van der Waals surface area contributed by atoms with Gasteiger partial charge in [-0.2, -0.15) is 0 Å². The number of pyridine rings is 1. The van der Waals surface area contributed by atoms with Crippen molar-refractivity contribution in [2.24, 2.45) is 0 Å². The molecule has 2 fully saturated rings. The summed E-state index contributed by atoms with van der Waals surface area (Å²) < 4.78 is 12.0. The SMILES string of the molecule is CC(C)(C)OC(=O)N1CCC(OCCN2CCCC2)(c2ccncc2)CC1. The fraction of sp³-hybridized carbons (Fsp3) is 0.714. The van der Waals surface area contributed by atoms with Crippen LogP contribution in [0.1, 0.15) is 52.0 Å². The number of ether oxygens (including phenoxy) is 2. The normalized spacial score (nSPS) is 20.6. The van der Waals surface area contributed by atoms with E-state index >= 15 is 0 Å². The third-order valence-electron chi connectivity index (χ3n) is 5.41. The molecule has 0 aromatic carbocycles. The summed E-state index contributed by atoms with van der Waals surface area (Å²) in [5.74, 6) is 0. The van der Waals surface area contributed by atoms with Gasteiger partial charge in [-0.05, 0) is 77.2 Å². The van der Waals surface area contributed by atoms with Crippen molar-refractivity contribution in [3.05, 3.63) is 30.1 Å². The molecular weight excluding hydrogens is 342 g/mol. The van der Waals surface area contributed by atoms with E-state index in [0.717, 1.165) is 31.6 Å². The number of likely N-dealkylation sites (tertiary alicyclic amines) is 2. The minimum Gasteiger partial charge on any atom is -0.444 e. The van der Waals surface area contributed by atoms with E-state index < -0.39 is 5.60 Å². The van der Waals surface area contributed by atoms with Gasteiger partial charge in [0.15, 0.2) is 0 Å². The van der Waals surface area contributed by atoms with E-state index in [1.54, 1.807) is 4.90 Å². The third-order valence-corrected chi connectivity index (χ3v) is 5.41. The zero-order valence-electron chi connectivity index (χ0n) is 16.9. The number of carbonyl (C=O) groups is 1. The second-order valence-corrected chi connectivity index (χ2v) is 8.59. The highest BCUT2D eigenvalue weighted by Gasteiger charge is 2.39. The van der Waals surface area contributed by atoms with Crippen LogP contribution in [0.15, 0.2) is 24.5 Å². The van der Waals surface area contributed by atoms with E-state index in [4.69, 9.17) is 9.47 Å². The minimum atomic E-state index is -0.469. The van der Waals surface area contributed by atoms with Gasteiger partial charge in [-0.15, -0.1) is 0 Å². The van der Waals surface area contributed by atoms with Crippen LogP contribution in [0.3, 0.4) is 0 Å². The van der Waals surface area contributed by atoms with Gasteiger partial charge in [-0.25, -0.2) is 4.79 Å². The molecule has 2 saturated heterocycles. The number of hydrogen-bond acceptors (Lipinski definition) is 5. The molecule has 0 unspecified atom stereocenters. The van der Waals surface area contributed by atoms with Crippen LogP contribution in [-0.4, -0.2) is 65.8 Å². The van der Waals surface area contributed by atoms with E-state index in [0.29, 0.717) is 13.1 Å². The summed E-state index contributed by atoms with van der Waals surface area (Å²) in [6.45, 7) is 11.0. The number of amides is 1. The molecular formula is C21H33N3O3. The molecule has 0 aliphatic carbocycles. The average Bonchev–Trinajstić information content (AvgIpc) is 3.15. The first-order valence-corrected chi connectivity index (χ1v) is 10.1. The predicted molar refractivity (Wildman–Crippen MR) is 105 cm³/mol. The van der Waals surface area contributed by atoms with Gasteiger partial charge in [0, 0.05) is 32.0 Å². The number of piperidine rings is 1. The molecule has 6 heteroatoms. The number of rotatable bonds is 5. The molecule has 150 valence electrons. The smallest absolute Gasteiger partial charge is 0.410 e. The molecule has 1 aromatic rings. The lowest BCUT2D eigenvalue weighted by Gasteiger charge is -2.42. The van der Waals surface area contributed by atoms with Gasteiger partial charge < -0.3 is 19.3 Å². The summed E-state index contributed by atoms with van der Waals surface area (Å²) in [4.78, 5) is 20.8. The maximum atomic E-state index is 12.4. The van der Waals surface area contributed by atoms with Gasteiger partial charge in [0.25, 0.3) is 0 Å². The molecule has 0 N–H and O–H groups in total. The van der Waals surface area contributed by atoms with Gasteiger partial charge in [-0.1, -0.05) is 0 Å². The lowest BCUT2D eigenvalue weighted by molar-refractivity contribution is -0.0936. The topological polar surface area (TPSA) is 54.9 Å². The lowest BCUT2D eigenvalue weighted by atomic mass is 9.84. The largest absolute Gasteiger partial charge is 0.444 e. The Kier molecular flexibility index (Phi) is 6.37. The van der Waals surface area contributed by atoms with Crippen LogP contribution in [-0.2, 0) is 15.1 Å². The molecule has 2 aliphatic heterocycles. The number of aromatic nitrogens is 1. The molecule has 1 aromatic heterocycles. The Balaban J connectivity index is 1.63. The Morgan fingerprint density at radius 2 is 1.74 bits per heavy atom. The van der Waals surface area contributed by atoms with Crippen molar-refractivity contribution >= 4 is 6.09 Å². The molecule has 0 radical (unpaired) electrons. The first-order chi connectivity index (χ1) is 12.9. The highest BCUT2D eigenvalue weighted by molar-refractivity contribution is 5.68. The van der Waals surface area contributed by atoms with Crippen LogP contribution in [0.5, 0.6) is 0 Å². The number of carbonyl (C=O) groups excluding carboxylic acids is 1. The second-order valence-electron chi connectivity index (χ2n) is 8.59. The van der Waals surface area contributed by atoms with Crippen molar-refractivity contribution in [3.63, 3.8) is 0 Å². The van der Waals surface area contributed by atoms with Crippen molar-refractivity contribution < 1.29 is 14.3 Å². The van der Waals surface area contributed by atoms with Gasteiger partial charge >= 0.3 is 6.09 Å². The number of nitrogens with zero attached hydrogens (tertiary/aromatic N) is 3. The van der Waals surface area contributed by atoms with Crippen LogP contribution in [0.4, 0.5) is 4.79 Å². The Morgan fingerprint density at radius 1 is 1.11 bits per heavy atom. The van der Waals surface area contributed by atoms with E-state index in [9.17, 15) is 4.79 Å². The van der Waals surface area contributed by atoms with E-state index in [1.807, 2.05) is 45.3 Å². The van der Waals surface area contributed by atoms with Crippen molar-refractivity contribution in [3.8, 4) is 0 Å². The zero-order valence-corrected chi connectivity index (χ0v) is 16.9. The highest BCUT2D eigenvalue weighted by atomic mass is 16.6. The zero-order chi connectivity index (χ0) is 19.3. The molecule has 0 atom stereocenters. The molecule has 3 heterocycles. The van der Waals surface area contributed by atoms with E-state index in [2.05, 4.69) is 9.88 Å². The molecule has 0 spiro atoms. The first kappa shape index (κ1) is 20.1. The fourth-order valence-corrected chi connectivity index (χ4v) is 3.93. The van der Waals surface area contributed by atoms with Crippen LogP contribution in [0.2, 0.25) is 0 Å². The van der Waals surface area contributed by atoms with Crippen LogP contribution < -0.4 is 0 Å². The Labute approximate surface area is 162 Å². The first-order valence-electron chi connectivity index (χ1n) is 10.1. The maximum Gasteiger partial charge on any atom is 0.410 e. The molecule has 0 saturated carbocycles. The third kappa shape index (κ3) is 5.42. The van der Waals surface area contributed by atoms with Gasteiger partial charge in [0.2, 0.25) is 0 Å². The Hall–Kier alpha value is -1.66. The summed E-state index contributed by atoms with van der Waals surface area (Å²) in [5, 5.41) is 0. The van der Waals surface area contributed by atoms with Crippen LogP contribution >= 0.6 is 0 Å². The second kappa shape index (κ2) is 8.57. The molecule has 2 aliphatic rings. The summed E-state index contributed by atoms with van der Waals surface area (Å²) in [6.07, 6.45) is 7.54. The molecule has 27 heavy (non-hydrogen) atoms. The quantitative estimate of drug-likeness (QED) is 0.789. The van der Waals surface area contributed by atoms with Crippen molar-refractivity contribution in [1.29, 1.82) is 0 Å². The Bertz CT molecular complexity index is 601. The van der Waals surface area contributed by atoms with Gasteiger partial charge in [0.1, 0.15) is 5.60 Å². The van der Waals surface area contributed by atoms with Gasteiger partial charge in [-0.3, -0.25) is 4.98 Å². The van der Waals surface area contributed by atoms with Crippen molar-refractivity contribution in [2.75, 3.05) is 39.3 Å². The predicted octanol–water partition coefficient (Wildman–Crippen LogP) is 3.42. The standard InChI is InChI=1S/C21H33N3O3/c1-20(2,3)27-19(25)24-14-8-21(9-15-24,18-6-10-22-11-7-18)26-17-16-23-12-4-5-13-23/h6-7,10-11H,4-5,8-9,12-17H2,1-3H3. The van der Waals surface area contributed by atoms with E-state index in [-0.39, 0.29) is 11.7 Å². The van der Waals surface area contributed by atoms with Crippen LogP contribution in [0.25, 0.3) is 0 Å². The minimum absolute atomic E-state index is 0.233. The summed E-state index contributed by atoms with van der Waals surface area (Å²) >= 11 is 0.